The third-order valence-corrected chi connectivity index (χ3v) is 3.02. The van der Waals surface area contributed by atoms with Gasteiger partial charge >= 0.3 is 5.69 Å². The summed E-state index contributed by atoms with van der Waals surface area (Å²) in [6.07, 6.45) is 0. The zero-order chi connectivity index (χ0) is 16.5. The highest BCUT2D eigenvalue weighted by Crippen LogP contribution is 2.21. The quantitative estimate of drug-likeness (QED) is 0.776. The van der Waals surface area contributed by atoms with Crippen molar-refractivity contribution in [3.8, 4) is 5.88 Å². The van der Waals surface area contributed by atoms with E-state index >= 15 is 0 Å². The third-order valence-electron chi connectivity index (χ3n) is 3.02. The molecule has 7 heteroatoms. The maximum atomic E-state index is 12.2. The van der Waals surface area contributed by atoms with Crippen LogP contribution in [0.3, 0.4) is 0 Å². The molecule has 0 saturated heterocycles. The van der Waals surface area contributed by atoms with Crippen LogP contribution in [0.5, 0.6) is 5.88 Å². The van der Waals surface area contributed by atoms with Crippen molar-refractivity contribution >= 4 is 11.6 Å². The highest BCUT2D eigenvalue weighted by atomic mass is 16.3. The Labute approximate surface area is 126 Å². The first-order valence-electron chi connectivity index (χ1n) is 6.67. The molecule has 0 unspecified atom stereocenters. The minimum absolute atomic E-state index is 0.472. The van der Waals surface area contributed by atoms with E-state index in [9.17, 15) is 19.5 Å². The van der Waals surface area contributed by atoms with Crippen molar-refractivity contribution in [2.24, 2.45) is 0 Å². The van der Waals surface area contributed by atoms with Crippen molar-refractivity contribution in [2.45, 2.75) is 26.3 Å². The van der Waals surface area contributed by atoms with Crippen molar-refractivity contribution in [3.63, 3.8) is 0 Å². The predicted molar refractivity (Wildman–Crippen MR) is 82.4 cm³/mol. The SMILES string of the molecule is CC(C)(C)n1c(O)c(C(=O)Nc2ccccc2)c(=O)[nH]c1=O. The molecule has 1 heterocycles. The van der Waals surface area contributed by atoms with Crippen molar-refractivity contribution in [1.82, 2.24) is 9.55 Å². The molecule has 3 N–H and O–H groups in total. The van der Waals surface area contributed by atoms with Gasteiger partial charge in [-0.15, -0.1) is 0 Å². The third kappa shape index (κ3) is 2.93. The lowest BCUT2D eigenvalue weighted by Crippen LogP contribution is -2.41. The summed E-state index contributed by atoms with van der Waals surface area (Å²) in [4.78, 5) is 38.0. The highest BCUT2D eigenvalue weighted by Gasteiger charge is 2.26. The van der Waals surface area contributed by atoms with Gasteiger partial charge in [-0.05, 0) is 32.9 Å². The smallest absolute Gasteiger partial charge is 0.331 e. The van der Waals surface area contributed by atoms with Crippen molar-refractivity contribution in [2.75, 3.05) is 5.32 Å². The van der Waals surface area contributed by atoms with E-state index in [1.54, 1.807) is 51.1 Å². The molecule has 0 fully saturated rings. The molecule has 0 saturated carbocycles. The number of aromatic hydroxyl groups is 1. The topological polar surface area (TPSA) is 104 Å². The number of anilines is 1. The number of nitrogens with zero attached hydrogens (tertiary/aromatic N) is 1. The number of rotatable bonds is 2. The average Bonchev–Trinajstić information content (AvgIpc) is 2.37. The number of amides is 1. The van der Waals surface area contributed by atoms with Crippen LogP contribution in [0.25, 0.3) is 0 Å². The van der Waals surface area contributed by atoms with Crippen LogP contribution in [0.15, 0.2) is 39.9 Å². The van der Waals surface area contributed by atoms with Crippen molar-refractivity contribution in [1.29, 1.82) is 0 Å². The van der Waals surface area contributed by atoms with Crippen LogP contribution in [-0.2, 0) is 5.54 Å². The van der Waals surface area contributed by atoms with Gasteiger partial charge in [-0.3, -0.25) is 19.1 Å². The molecule has 1 amide bonds. The Morgan fingerprint density at radius 3 is 2.32 bits per heavy atom. The Morgan fingerprint density at radius 1 is 1.18 bits per heavy atom. The summed E-state index contributed by atoms with van der Waals surface area (Å²) < 4.78 is 0.967. The van der Waals surface area contributed by atoms with Gasteiger partial charge in [0, 0.05) is 11.2 Å². The summed E-state index contributed by atoms with van der Waals surface area (Å²) in [5.74, 6) is -1.45. The lowest BCUT2D eigenvalue weighted by molar-refractivity contribution is 0.102. The number of para-hydroxylation sites is 1. The van der Waals surface area contributed by atoms with Gasteiger partial charge < -0.3 is 10.4 Å². The molecule has 0 bridgehead atoms. The number of aromatic nitrogens is 2. The lowest BCUT2D eigenvalue weighted by Gasteiger charge is -2.23. The molecule has 0 aliphatic rings. The zero-order valence-corrected chi connectivity index (χ0v) is 12.5. The molecule has 0 spiro atoms. The molecular weight excluding hydrogens is 286 g/mol. The van der Waals surface area contributed by atoms with Gasteiger partial charge in [0.25, 0.3) is 11.5 Å². The molecule has 0 aliphatic heterocycles. The Morgan fingerprint density at radius 2 is 1.77 bits per heavy atom. The Hall–Kier alpha value is -2.83. The van der Waals surface area contributed by atoms with E-state index in [0.717, 1.165) is 4.57 Å². The standard InChI is InChI=1S/C15H17N3O4/c1-15(2,3)18-13(21)10(12(20)17-14(18)22)11(19)16-9-7-5-4-6-8-9/h4-8,21H,1-3H3,(H,16,19)(H,17,20,22). The molecule has 116 valence electrons. The maximum Gasteiger partial charge on any atom is 0.331 e. The number of carbonyl (C=O) groups is 1. The van der Waals surface area contributed by atoms with Gasteiger partial charge in [-0.2, -0.15) is 0 Å². The number of hydrogen-bond donors (Lipinski definition) is 3. The molecular formula is C15H17N3O4. The first kappa shape index (κ1) is 15.6. The average molecular weight is 303 g/mol. The van der Waals surface area contributed by atoms with Crippen molar-refractivity contribution in [3.05, 3.63) is 56.7 Å². The van der Waals surface area contributed by atoms with Crippen LogP contribution in [0.4, 0.5) is 5.69 Å². The number of nitrogens with one attached hydrogen (secondary N) is 2. The molecule has 1 aromatic carbocycles. The van der Waals surface area contributed by atoms with Gasteiger partial charge in [-0.25, -0.2) is 4.79 Å². The largest absolute Gasteiger partial charge is 0.494 e. The molecule has 2 aromatic rings. The zero-order valence-electron chi connectivity index (χ0n) is 12.5. The van der Waals surface area contributed by atoms with Crippen LogP contribution in [0.1, 0.15) is 31.1 Å². The van der Waals surface area contributed by atoms with Crippen LogP contribution in [-0.4, -0.2) is 20.6 Å². The van der Waals surface area contributed by atoms with E-state index in [4.69, 9.17) is 0 Å². The second-order valence-corrected chi connectivity index (χ2v) is 5.78. The highest BCUT2D eigenvalue weighted by molar-refractivity contribution is 6.05. The molecule has 0 aliphatic carbocycles. The van der Waals surface area contributed by atoms with E-state index in [-0.39, 0.29) is 0 Å². The summed E-state index contributed by atoms with van der Waals surface area (Å²) in [6.45, 7) is 5.02. The maximum absolute atomic E-state index is 12.2. The van der Waals surface area contributed by atoms with Gasteiger partial charge in [0.15, 0.2) is 5.56 Å². The molecule has 0 radical (unpaired) electrons. The second-order valence-electron chi connectivity index (χ2n) is 5.78. The summed E-state index contributed by atoms with van der Waals surface area (Å²) in [6, 6.07) is 8.50. The fourth-order valence-corrected chi connectivity index (χ4v) is 2.07. The minimum Gasteiger partial charge on any atom is -0.494 e. The summed E-state index contributed by atoms with van der Waals surface area (Å²) in [5.41, 5.74) is -2.53. The number of H-pyrrole nitrogens is 1. The second kappa shape index (κ2) is 5.51. The van der Waals surface area contributed by atoms with Gasteiger partial charge in [0.1, 0.15) is 0 Å². The van der Waals surface area contributed by atoms with Crippen LogP contribution in [0.2, 0.25) is 0 Å². The number of carbonyl (C=O) groups excluding carboxylic acids is 1. The van der Waals surface area contributed by atoms with E-state index in [1.807, 2.05) is 0 Å². The summed E-state index contributed by atoms with van der Waals surface area (Å²) in [5, 5.41) is 12.7. The van der Waals surface area contributed by atoms with Gasteiger partial charge in [0.05, 0.1) is 0 Å². The number of hydrogen-bond acceptors (Lipinski definition) is 4. The van der Waals surface area contributed by atoms with E-state index in [1.165, 1.54) is 0 Å². The minimum atomic E-state index is -0.934. The summed E-state index contributed by atoms with van der Waals surface area (Å²) >= 11 is 0. The Bertz CT molecular complexity index is 813. The van der Waals surface area contributed by atoms with E-state index < -0.39 is 34.1 Å². The van der Waals surface area contributed by atoms with Gasteiger partial charge in [-0.1, -0.05) is 18.2 Å². The first-order valence-corrected chi connectivity index (χ1v) is 6.67. The summed E-state index contributed by atoms with van der Waals surface area (Å²) in [7, 11) is 0. The molecule has 0 atom stereocenters. The molecule has 1 aromatic heterocycles. The van der Waals surface area contributed by atoms with Crippen LogP contribution >= 0.6 is 0 Å². The fourth-order valence-electron chi connectivity index (χ4n) is 2.07. The number of aromatic amines is 1. The predicted octanol–water partition coefficient (Wildman–Crippen LogP) is 1.25. The van der Waals surface area contributed by atoms with Gasteiger partial charge in [0.2, 0.25) is 5.88 Å². The van der Waals surface area contributed by atoms with Crippen LogP contribution in [0, 0.1) is 0 Å². The fraction of sp³-hybridized carbons (Fsp3) is 0.267. The molecule has 7 nitrogen and oxygen atoms in total. The Kier molecular flexibility index (Phi) is 3.90. The lowest BCUT2D eigenvalue weighted by atomic mass is 10.1. The first-order chi connectivity index (χ1) is 10.2. The molecule has 22 heavy (non-hydrogen) atoms. The Balaban J connectivity index is 2.54. The van der Waals surface area contributed by atoms with E-state index in [0.29, 0.717) is 5.69 Å². The monoisotopic (exact) mass is 303 g/mol. The molecule has 2 rings (SSSR count). The van der Waals surface area contributed by atoms with Crippen molar-refractivity contribution < 1.29 is 9.90 Å². The normalized spacial score (nSPS) is 11.2. The van der Waals surface area contributed by atoms with Crippen LogP contribution < -0.4 is 16.6 Å². The van der Waals surface area contributed by atoms with E-state index in [2.05, 4.69) is 10.3 Å². The number of benzene rings is 1.